The van der Waals surface area contributed by atoms with E-state index >= 15 is 0 Å². The van der Waals surface area contributed by atoms with Crippen LogP contribution < -0.4 is 10.1 Å². The molecule has 3 aromatic carbocycles. The van der Waals surface area contributed by atoms with E-state index in [1.54, 1.807) is 13.2 Å². The van der Waals surface area contributed by atoms with Crippen LogP contribution in [0.5, 0.6) is 5.75 Å². The SMILES string of the molecule is COc1ccc(Cn2cc([C@H](CC(=O)NCC(C)C)c3ccc(Cl)c(C(F)(F)F)c3)c3ccccc32)cc1. The highest BCUT2D eigenvalue weighted by molar-refractivity contribution is 6.31. The van der Waals surface area contributed by atoms with Gasteiger partial charge in [-0.2, -0.15) is 13.2 Å². The summed E-state index contributed by atoms with van der Waals surface area (Å²) in [7, 11) is 1.61. The molecule has 4 nitrogen and oxygen atoms in total. The summed E-state index contributed by atoms with van der Waals surface area (Å²) in [6, 6.07) is 19.3. The Kier molecular flexibility index (Phi) is 8.36. The molecule has 1 atom stereocenters. The molecule has 4 aromatic rings. The molecule has 0 saturated carbocycles. The number of hydrogen-bond acceptors (Lipinski definition) is 2. The number of amides is 1. The van der Waals surface area contributed by atoms with E-state index in [1.165, 1.54) is 6.07 Å². The molecule has 8 heteroatoms. The molecule has 1 N–H and O–H groups in total. The summed E-state index contributed by atoms with van der Waals surface area (Å²) in [4.78, 5) is 13.0. The molecule has 0 aliphatic heterocycles. The smallest absolute Gasteiger partial charge is 0.417 e. The Morgan fingerprint density at radius 1 is 1.05 bits per heavy atom. The quantitative estimate of drug-likeness (QED) is 0.236. The minimum absolute atomic E-state index is 0.00218. The van der Waals surface area contributed by atoms with Crippen molar-refractivity contribution in [2.24, 2.45) is 5.92 Å². The molecule has 0 saturated heterocycles. The van der Waals surface area contributed by atoms with Gasteiger partial charge in [0.15, 0.2) is 0 Å². The zero-order valence-electron chi connectivity index (χ0n) is 21.5. The fraction of sp³-hybridized carbons (Fsp3) is 0.300. The first-order chi connectivity index (χ1) is 18.1. The second-order valence-corrected chi connectivity index (χ2v) is 10.2. The summed E-state index contributed by atoms with van der Waals surface area (Å²) in [5.74, 6) is 0.167. The van der Waals surface area contributed by atoms with E-state index < -0.39 is 17.7 Å². The average molecular weight is 543 g/mol. The second kappa shape index (κ2) is 11.5. The molecule has 200 valence electrons. The summed E-state index contributed by atoms with van der Waals surface area (Å²) in [6.45, 7) is 5.00. The minimum atomic E-state index is -4.61. The summed E-state index contributed by atoms with van der Waals surface area (Å²) < 4.78 is 48.5. The molecule has 0 aliphatic carbocycles. The topological polar surface area (TPSA) is 43.3 Å². The largest absolute Gasteiger partial charge is 0.497 e. The number of carbonyl (C=O) groups is 1. The molecule has 1 aromatic heterocycles. The molecule has 0 fully saturated rings. The molecule has 0 unspecified atom stereocenters. The Morgan fingerprint density at radius 2 is 1.76 bits per heavy atom. The molecule has 0 spiro atoms. The third-order valence-electron chi connectivity index (χ3n) is 6.50. The zero-order chi connectivity index (χ0) is 27.4. The maximum atomic E-state index is 13.7. The fourth-order valence-corrected chi connectivity index (χ4v) is 4.80. The van der Waals surface area contributed by atoms with E-state index in [0.717, 1.165) is 33.8 Å². The standard InChI is InChI=1S/C30H30ClF3N2O2/c1-19(2)16-35-29(37)15-24(21-10-13-27(31)26(14-21)30(32,33)34)25-18-36(28-7-5-4-6-23(25)28)17-20-8-11-22(38-3)12-9-20/h4-14,18-19,24H,15-17H2,1-3H3,(H,35,37)/t24-/m1/s1. The van der Waals surface area contributed by atoms with Crippen LogP contribution in [0.15, 0.2) is 72.9 Å². The summed E-state index contributed by atoms with van der Waals surface area (Å²) in [5, 5.41) is 3.42. The number of para-hydroxylation sites is 1. The number of methoxy groups -OCH3 is 1. The molecule has 0 aliphatic rings. The van der Waals surface area contributed by atoms with Crippen molar-refractivity contribution in [3.63, 3.8) is 0 Å². The van der Waals surface area contributed by atoms with Crippen LogP contribution in [-0.4, -0.2) is 24.1 Å². The first kappa shape index (κ1) is 27.6. The fourth-order valence-electron chi connectivity index (χ4n) is 4.57. The van der Waals surface area contributed by atoms with Gasteiger partial charge in [0.05, 0.1) is 17.7 Å². The van der Waals surface area contributed by atoms with Crippen LogP contribution in [0.4, 0.5) is 13.2 Å². The van der Waals surface area contributed by atoms with E-state index in [4.69, 9.17) is 16.3 Å². The number of nitrogens with one attached hydrogen (secondary N) is 1. The maximum absolute atomic E-state index is 13.7. The first-order valence-electron chi connectivity index (χ1n) is 12.4. The van der Waals surface area contributed by atoms with Crippen molar-refractivity contribution in [1.29, 1.82) is 0 Å². The molecule has 1 amide bonds. The number of rotatable bonds is 9. The van der Waals surface area contributed by atoms with Crippen molar-refractivity contribution >= 4 is 28.4 Å². The number of benzene rings is 3. The number of halogens is 4. The van der Waals surface area contributed by atoms with Crippen molar-refractivity contribution in [3.05, 3.63) is 100 Å². The van der Waals surface area contributed by atoms with Crippen LogP contribution in [0.1, 0.15) is 48.4 Å². The van der Waals surface area contributed by atoms with Crippen LogP contribution in [0.2, 0.25) is 5.02 Å². The highest BCUT2D eigenvalue weighted by atomic mass is 35.5. The highest BCUT2D eigenvalue weighted by Gasteiger charge is 2.34. The normalized spacial score (nSPS) is 12.6. The average Bonchev–Trinajstić information content (AvgIpc) is 3.24. The number of alkyl halides is 3. The molecule has 4 rings (SSSR count). The van der Waals surface area contributed by atoms with Crippen molar-refractivity contribution in [2.45, 2.75) is 38.9 Å². The number of ether oxygens (including phenoxy) is 1. The zero-order valence-corrected chi connectivity index (χ0v) is 22.2. The first-order valence-corrected chi connectivity index (χ1v) is 12.8. The van der Waals surface area contributed by atoms with E-state index in [0.29, 0.717) is 18.7 Å². The van der Waals surface area contributed by atoms with Crippen molar-refractivity contribution in [2.75, 3.05) is 13.7 Å². The van der Waals surface area contributed by atoms with Crippen LogP contribution >= 0.6 is 11.6 Å². The van der Waals surface area contributed by atoms with Gasteiger partial charge < -0.3 is 14.6 Å². The van der Waals surface area contributed by atoms with E-state index in [1.807, 2.05) is 68.6 Å². The van der Waals surface area contributed by atoms with Crippen LogP contribution in [0, 0.1) is 5.92 Å². The Labute approximate surface area is 225 Å². The molecule has 38 heavy (non-hydrogen) atoms. The summed E-state index contributed by atoms with van der Waals surface area (Å²) in [5.41, 5.74) is 2.22. The second-order valence-electron chi connectivity index (χ2n) is 9.77. The van der Waals surface area contributed by atoms with E-state index in [2.05, 4.69) is 9.88 Å². The van der Waals surface area contributed by atoms with Crippen molar-refractivity contribution < 1.29 is 22.7 Å². The lowest BCUT2D eigenvalue weighted by atomic mass is 9.87. The maximum Gasteiger partial charge on any atom is 0.417 e. The predicted molar refractivity (Wildman–Crippen MR) is 145 cm³/mol. The lowest BCUT2D eigenvalue weighted by molar-refractivity contribution is -0.137. The van der Waals surface area contributed by atoms with Gasteiger partial charge in [-0.15, -0.1) is 0 Å². The Balaban J connectivity index is 1.80. The monoisotopic (exact) mass is 542 g/mol. The van der Waals surface area contributed by atoms with Gasteiger partial charge in [0, 0.05) is 42.5 Å². The van der Waals surface area contributed by atoms with Gasteiger partial charge in [-0.25, -0.2) is 0 Å². The number of fused-ring (bicyclic) bond motifs is 1. The van der Waals surface area contributed by atoms with Crippen LogP contribution in [-0.2, 0) is 17.5 Å². The predicted octanol–water partition coefficient (Wildman–Crippen LogP) is 7.66. The molecule has 1 heterocycles. The summed E-state index contributed by atoms with van der Waals surface area (Å²) >= 11 is 5.92. The van der Waals surface area contributed by atoms with Crippen LogP contribution in [0.25, 0.3) is 10.9 Å². The number of nitrogens with zero attached hydrogens (tertiary/aromatic N) is 1. The van der Waals surface area contributed by atoms with Gasteiger partial charge in [0.1, 0.15) is 5.75 Å². The number of carbonyl (C=O) groups excluding carboxylic acids is 1. The van der Waals surface area contributed by atoms with Crippen molar-refractivity contribution in [1.82, 2.24) is 9.88 Å². The number of hydrogen-bond donors (Lipinski definition) is 1. The van der Waals surface area contributed by atoms with Gasteiger partial charge in [-0.1, -0.05) is 61.8 Å². The van der Waals surface area contributed by atoms with Crippen LogP contribution in [0.3, 0.4) is 0 Å². The van der Waals surface area contributed by atoms with E-state index in [-0.39, 0.29) is 23.3 Å². The highest BCUT2D eigenvalue weighted by Crippen LogP contribution is 2.40. The Hall–Kier alpha value is -3.45. The van der Waals surface area contributed by atoms with Gasteiger partial charge >= 0.3 is 6.18 Å². The summed E-state index contributed by atoms with van der Waals surface area (Å²) in [6.07, 6.45) is -2.67. The lowest BCUT2D eigenvalue weighted by Crippen LogP contribution is -2.28. The Bertz CT molecular complexity index is 1410. The lowest BCUT2D eigenvalue weighted by Gasteiger charge is -2.20. The van der Waals surface area contributed by atoms with Crippen molar-refractivity contribution in [3.8, 4) is 5.75 Å². The molecule has 0 bridgehead atoms. The van der Waals surface area contributed by atoms with Gasteiger partial charge in [-0.3, -0.25) is 4.79 Å². The third kappa shape index (κ3) is 6.33. The van der Waals surface area contributed by atoms with Gasteiger partial charge in [0.25, 0.3) is 0 Å². The minimum Gasteiger partial charge on any atom is -0.497 e. The van der Waals surface area contributed by atoms with Gasteiger partial charge in [0.2, 0.25) is 5.91 Å². The molecule has 0 radical (unpaired) electrons. The van der Waals surface area contributed by atoms with E-state index in [9.17, 15) is 18.0 Å². The van der Waals surface area contributed by atoms with Gasteiger partial charge in [-0.05, 0) is 52.9 Å². The Morgan fingerprint density at radius 3 is 2.42 bits per heavy atom. The molecular formula is C30H30ClF3N2O2. The molecular weight excluding hydrogens is 513 g/mol. The third-order valence-corrected chi connectivity index (χ3v) is 6.83. The number of aromatic nitrogens is 1.